The third kappa shape index (κ3) is 3.41. The van der Waals surface area contributed by atoms with Crippen LogP contribution in [0.15, 0.2) is 57.9 Å². The van der Waals surface area contributed by atoms with Gasteiger partial charge in [0.25, 0.3) is 0 Å². The van der Waals surface area contributed by atoms with Gasteiger partial charge in [-0.2, -0.15) is 0 Å². The molecule has 0 bridgehead atoms. The number of nitrogens with zero attached hydrogens (tertiary/aromatic N) is 1. The van der Waals surface area contributed by atoms with Gasteiger partial charge in [0.05, 0.1) is 25.1 Å². The van der Waals surface area contributed by atoms with Crippen molar-refractivity contribution < 1.29 is 19.4 Å². The molecule has 0 saturated carbocycles. The van der Waals surface area contributed by atoms with E-state index in [1.807, 2.05) is 30.3 Å². The maximum absolute atomic E-state index is 9.73. The number of hydrogen-bond acceptors (Lipinski definition) is 5. The van der Waals surface area contributed by atoms with Crippen molar-refractivity contribution in [3.05, 3.63) is 53.9 Å². The minimum absolute atomic E-state index is 0.142. The number of fused-ring (bicyclic) bond motifs is 1. The van der Waals surface area contributed by atoms with E-state index in [2.05, 4.69) is 4.99 Å². The van der Waals surface area contributed by atoms with E-state index in [0.717, 1.165) is 11.3 Å². The summed E-state index contributed by atoms with van der Waals surface area (Å²) in [6, 6.07) is 14.2. The van der Waals surface area contributed by atoms with E-state index < -0.39 is 6.10 Å². The van der Waals surface area contributed by atoms with Crippen LogP contribution in [0.4, 0.5) is 0 Å². The number of aromatic hydroxyl groups is 1. The molecule has 3 rings (SSSR count). The van der Waals surface area contributed by atoms with Gasteiger partial charge in [-0.3, -0.25) is 4.99 Å². The number of benzene rings is 2. The van der Waals surface area contributed by atoms with Crippen molar-refractivity contribution in [1.82, 2.24) is 0 Å². The Morgan fingerprint density at radius 2 is 1.88 bits per heavy atom. The molecular formula is C19H19NO4. The molecule has 0 radical (unpaired) electrons. The largest absolute Gasteiger partial charge is 0.508 e. The third-order valence-corrected chi connectivity index (χ3v) is 3.63. The van der Waals surface area contributed by atoms with Crippen molar-refractivity contribution in [2.45, 2.75) is 13.0 Å². The van der Waals surface area contributed by atoms with E-state index in [0.29, 0.717) is 22.1 Å². The SMILES string of the molecule is COc1ccc(-c2cc(=NC[C@@H](C)O)c3cc(O)ccc3o2)cc1. The van der Waals surface area contributed by atoms with Crippen molar-refractivity contribution in [2.24, 2.45) is 4.99 Å². The molecule has 5 nitrogen and oxygen atoms in total. The van der Waals surface area contributed by atoms with Crippen LogP contribution in [-0.4, -0.2) is 30.0 Å². The highest BCUT2D eigenvalue weighted by Gasteiger charge is 2.07. The molecule has 0 aliphatic rings. The molecule has 0 aliphatic carbocycles. The average molecular weight is 325 g/mol. The molecule has 0 fully saturated rings. The highest BCUT2D eigenvalue weighted by molar-refractivity contribution is 5.80. The molecule has 0 spiro atoms. The number of ether oxygens (including phenoxy) is 1. The number of methoxy groups -OCH3 is 1. The Kier molecular flexibility index (Phi) is 4.53. The highest BCUT2D eigenvalue weighted by Crippen LogP contribution is 2.25. The first-order valence-electron chi connectivity index (χ1n) is 7.66. The van der Waals surface area contributed by atoms with Crippen molar-refractivity contribution in [3.63, 3.8) is 0 Å². The predicted octanol–water partition coefficient (Wildman–Crippen LogP) is 3.10. The average Bonchev–Trinajstić information content (AvgIpc) is 2.59. The summed E-state index contributed by atoms with van der Waals surface area (Å²) < 4.78 is 11.1. The van der Waals surface area contributed by atoms with Gasteiger partial charge in [0.2, 0.25) is 0 Å². The standard InChI is InChI=1S/C19H19NO4/c1-12(21)11-20-17-10-19(13-3-6-15(23-2)7-4-13)24-18-8-5-14(22)9-16(17)18/h3-10,12,21-22H,11H2,1-2H3/t12-/m1/s1. The fraction of sp³-hybridized carbons (Fsp3) is 0.211. The van der Waals surface area contributed by atoms with Crippen LogP contribution in [0, 0.1) is 0 Å². The molecule has 5 heteroatoms. The van der Waals surface area contributed by atoms with E-state index in [1.165, 1.54) is 0 Å². The van der Waals surface area contributed by atoms with Crippen molar-refractivity contribution in [1.29, 1.82) is 0 Å². The zero-order valence-electron chi connectivity index (χ0n) is 13.6. The highest BCUT2D eigenvalue weighted by atomic mass is 16.5. The molecule has 1 aromatic heterocycles. The summed E-state index contributed by atoms with van der Waals surface area (Å²) in [7, 11) is 1.62. The first-order valence-corrected chi connectivity index (χ1v) is 7.66. The Balaban J connectivity index is 2.18. The quantitative estimate of drug-likeness (QED) is 0.773. The van der Waals surface area contributed by atoms with Gasteiger partial charge in [-0.05, 0) is 49.4 Å². The Labute approximate surface area is 139 Å². The molecule has 3 aromatic rings. The molecular weight excluding hydrogens is 306 g/mol. The number of hydrogen-bond donors (Lipinski definition) is 2. The van der Waals surface area contributed by atoms with Crippen LogP contribution >= 0.6 is 0 Å². The number of aliphatic hydroxyl groups is 1. The zero-order valence-corrected chi connectivity index (χ0v) is 13.6. The van der Waals surface area contributed by atoms with Crippen molar-refractivity contribution in [3.8, 4) is 22.8 Å². The van der Waals surface area contributed by atoms with Crippen LogP contribution < -0.4 is 10.1 Å². The van der Waals surface area contributed by atoms with Crippen LogP contribution in [0.5, 0.6) is 11.5 Å². The maximum atomic E-state index is 9.73. The Bertz CT molecular complexity index is 911. The second-order valence-electron chi connectivity index (χ2n) is 5.59. The van der Waals surface area contributed by atoms with Crippen LogP contribution in [-0.2, 0) is 0 Å². The Hall–Kier alpha value is -2.79. The summed E-state index contributed by atoms with van der Waals surface area (Å²) in [6.45, 7) is 1.96. The van der Waals surface area contributed by atoms with Gasteiger partial charge in [-0.1, -0.05) is 0 Å². The molecule has 1 atom stereocenters. The van der Waals surface area contributed by atoms with Crippen LogP contribution in [0.3, 0.4) is 0 Å². The maximum Gasteiger partial charge on any atom is 0.137 e. The van der Waals surface area contributed by atoms with Crippen molar-refractivity contribution in [2.75, 3.05) is 13.7 Å². The van der Waals surface area contributed by atoms with Crippen LogP contribution in [0.25, 0.3) is 22.3 Å². The van der Waals surface area contributed by atoms with Crippen molar-refractivity contribution >= 4 is 11.0 Å². The molecule has 0 amide bonds. The van der Waals surface area contributed by atoms with Crippen LogP contribution in [0.2, 0.25) is 0 Å². The van der Waals surface area contributed by atoms with Gasteiger partial charge >= 0.3 is 0 Å². The van der Waals surface area contributed by atoms with E-state index in [1.54, 1.807) is 32.2 Å². The zero-order chi connectivity index (χ0) is 17.1. The fourth-order valence-corrected chi connectivity index (χ4v) is 2.42. The van der Waals surface area contributed by atoms with Crippen LogP contribution in [0.1, 0.15) is 6.92 Å². The van der Waals surface area contributed by atoms with Gasteiger partial charge in [0, 0.05) is 17.0 Å². The summed E-state index contributed by atoms with van der Waals surface area (Å²) in [5.41, 5.74) is 1.50. The smallest absolute Gasteiger partial charge is 0.137 e. The first kappa shape index (κ1) is 16.1. The summed E-state index contributed by atoms with van der Waals surface area (Å²) in [6.07, 6.45) is -0.543. The number of aliphatic hydroxyl groups excluding tert-OH is 1. The normalized spacial score (nSPS) is 13.2. The second-order valence-corrected chi connectivity index (χ2v) is 5.59. The summed E-state index contributed by atoms with van der Waals surface area (Å²) >= 11 is 0. The number of phenolic OH excluding ortho intramolecular Hbond substituents is 1. The van der Waals surface area contributed by atoms with E-state index >= 15 is 0 Å². The molecule has 24 heavy (non-hydrogen) atoms. The Morgan fingerprint density at radius 1 is 1.12 bits per heavy atom. The van der Waals surface area contributed by atoms with Gasteiger partial charge in [0.1, 0.15) is 22.8 Å². The van der Waals surface area contributed by atoms with Gasteiger partial charge in [0.15, 0.2) is 0 Å². The third-order valence-electron chi connectivity index (χ3n) is 3.63. The van der Waals surface area contributed by atoms with Gasteiger partial charge in [-0.15, -0.1) is 0 Å². The number of phenols is 1. The second kappa shape index (κ2) is 6.76. The lowest BCUT2D eigenvalue weighted by Crippen LogP contribution is -2.11. The molecule has 0 aliphatic heterocycles. The molecule has 124 valence electrons. The Morgan fingerprint density at radius 3 is 2.54 bits per heavy atom. The number of rotatable bonds is 4. The minimum atomic E-state index is -0.543. The lowest BCUT2D eigenvalue weighted by Gasteiger charge is -2.07. The van der Waals surface area contributed by atoms with Gasteiger partial charge < -0.3 is 19.4 Å². The fourth-order valence-electron chi connectivity index (χ4n) is 2.42. The van der Waals surface area contributed by atoms with E-state index in [9.17, 15) is 10.2 Å². The monoisotopic (exact) mass is 325 g/mol. The van der Waals surface area contributed by atoms with Gasteiger partial charge in [-0.25, -0.2) is 0 Å². The molecule has 0 saturated heterocycles. The lowest BCUT2D eigenvalue weighted by atomic mass is 10.1. The predicted molar refractivity (Wildman–Crippen MR) is 92.0 cm³/mol. The summed E-state index contributed by atoms with van der Waals surface area (Å²) in [5.74, 6) is 1.56. The molecule has 2 aromatic carbocycles. The first-order chi connectivity index (χ1) is 11.6. The summed E-state index contributed by atoms with van der Waals surface area (Å²) in [5, 5.41) is 20.6. The van der Waals surface area contributed by atoms with E-state index in [-0.39, 0.29) is 12.3 Å². The molecule has 1 heterocycles. The summed E-state index contributed by atoms with van der Waals surface area (Å²) in [4.78, 5) is 4.45. The lowest BCUT2D eigenvalue weighted by molar-refractivity contribution is 0.203. The molecule has 2 N–H and O–H groups in total. The topological polar surface area (TPSA) is 75.2 Å². The molecule has 0 unspecified atom stereocenters. The minimum Gasteiger partial charge on any atom is -0.508 e. The van der Waals surface area contributed by atoms with E-state index in [4.69, 9.17) is 9.15 Å².